The van der Waals surface area contributed by atoms with Gasteiger partial charge in [-0.2, -0.15) is 0 Å². The Morgan fingerprint density at radius 2 is 2.27 bits per heavy atom. The Hall–Kier alpha value is -0.120. The molecule has 3 nitrogen and oxygen atoms in total. The molecule has 2 rings (SSSR count). The average molecular weight is 212 g/mol. The summed E-state index contributed by atoms with van der Waals surface area (Å²) in [7, 11) is 0. The first-order chi connectivity index (χ1) is 7.34. The zero-order valence-corrected chi connectivity index (χ0v) is 9.80. The molecular formula is C12H24N2O. The normalized spacial score (nSPS) is 37.0. The zero-order chi connectivity index (χ0) is 10.5. The molecule has 0 saturated carbocycles. The molecule has 0 spiro atoms. The minimum absolute atomic E-state index is 0.478. The van der Waals surface area contributed by atoms with E-state index in [4.69, 9.17) is 4.74 Å². The molecule has 2 saturated heterocycles. The topological polar surface area (TPSA) is 33.3 Å². The van der Waals surface area contributed by atoms with Crippen LogP contribution in [-0.4, -0.2) is 38.4 Å². The number of hydrogen-bond donors (Lipinski definition) is 2. The lowest BCUT2D eigenvalue weighted by atomic mass is 9.94. The van der Waals surface area contributed by atoms with Crippen molar-refractivity contribution < 1.29 is 4.74 Å². The molecule has 3 atom stereocenters. The fourth-order valence-corrected chi connectivity index (χ4v) is 2.60. The fraction of sp³-hybridized carbons (Fsp3) is 1.00. The molecule has 15 heavy (non-hydrogen) atoms. The number of rotatable bonds is 4. The van der Waals surface area contributed by atoms with Gasteiger partial charge in [0.15, 0.2) is 0 Å². The lowest BCUT2D eigenvalue weighted by Crippen LogP contribution is -2.45. The van der Waals surface area contributed by atoms with Crippen LogP contribution in [-0.2, 0) is 4.74 Å². The van der Waals surface area contributed by atoms with Gasteiger partial charge in [0.25, 0.3) is 0 Å². The molecular weight excluding hydrogens is 188 g/mol. The molecule has 2 aliphatic heterocycles. The van der Waals surface area contributed by atoms with Crippen LogP contribution < -0.4 is 10.6 Å². The van der Waals surface area contributed by atoms with Gasteiger partial charge in [0.2, 0.25) is 0 Å². The molecule has 2 fully saturated rings. The Morgan fingerprint density at radius 1 is 1.33 bits per heavy atom. The van der Waals surface area contributed by atoms with Crippen molar-refractivity contribution in [3.05, 3.63) is 0 Å². The largest absolute Gasteiger partial charge is 0.377 e. The minimum atomic E-state index is 0.478. The lowest BCUT2D eigenvalue weighted by molar-refractivity contribution is 0.109. The van der Waals surface area contributed by atoms with E-state index in [9.17, 15) is 0 Å². The molecule has 0 amide bonds. The Labute approximate surface area is 93.0 Å². The summed E-state index contributed by atoms with van der Waals surface area (Å²) in [4.78, 5) is 0. The summed E-state index contributed by atoms with van der Waals surface area (Å²) >= 11 is 0. The van der Waals surface area contributed by atoms with Crippen LogP contribution in [0.3, 0.4) is 0 Å². The molecule has 88 valence electrons. The molecule has 0 radical (unpaired) electrons. The summed E-state index contributed by atoms with van der Waals surface area (Å²) in [5, 5.41) is 7.10. The van der Waals surface area contributed by atoms with E-state index in [1.165, 1.54) is 32.2 Å². The monoisotopic (exact) mass is 212 g/mol. The summed E-state index contributed by atoms with van der Waals surface area (Å²) in [6.45, 7) is 6.64. The van der Waals surface area contributed by atoms with Gasteiger partial charge in [0.05, 0.1) is 6.10 Å². The quantitative estimate of drug-likeness (QED) is 0.733. The second-order valence-electron chi connectivity index (χ2n) is 5.07. The van der Waals surface area contributed by atoms with Crippen molar-refractivity contribution in [2.45, 2.75) is 44.8 Å². The maximum absolute atomic E-state index is 5.58. The molecule has 0 aliphatic carbocycles. The van der Waals surface area contributed by atoms with Crippen molar-refractivity contribution >= 4 is 0 Å². The van der Waals surface area contributed by atoms with Gasteiger partial charge in [-0.1, -0.05) is 6.92 Å². The van der Waals surface area contributed by atoms with Gasteiger partial charge in [-0.05, 0) is 38.1 Å². The summed E-state index contributed by atoms with van der Waals surface area (Å²) in [6, 6.07) is 0.676. The molecule has 2 N–H and O–H groups in total. The third kappa shape index (κ3) is 3.74. The van der Waals surface area contributed by atoms with Crippen molar-refractivity contribution in [1.29, 1.82) is 0 Å². The van der Waals surface area contributed by atoms with Gasteiger partial charge in [-0.15, -0.1) is 0 Å². The Morgan fingerprint density at radius 3 is 3.00 bits per heavy atom. The molecule has 2 aliphatic rings. The number of ether oxygens (including phenoxy) is 1. The molecule has 0 aromatic rings. The van der Waals surface area contributed by atoms with Gasteiger partial charge in [0.1, 0.15) is 0 Å². The average Bonchev–Trinajstić information content (AvgIpc) is 2.71. The summed E-state index contributed by atoms with van der Waals surface area (Å²) < 4.78 is 5.58. The molecule has 3 heteroatoms. The van der Waals surface area contributed by atoms with E-state index in [1.807, 2.05) is 0 Å². The first-order valence-electron chi connectivity index (χ1n) is 6.40. The number of hydrogen-bond acceptors (Lipinski definition) is 3. The van der Waals surface area contributed by atoms with E-state index in [0.29, 0.717) is 12.1 Å². The smallest absolute Gasteiger partial charge is 0.0700 e. The summed E-state index contributed by atoms with van der Waals surface area (Å²) in [5.41, 5.74) is 0. The SMILES string of the molecule is CC1CCNC(CNCC2CCCO2)C1. The first kappa shape index (κ1) is 11.4. The minimum Gasteiger partial charge on any atom is -0.377 e. The van der Waals surface area contributed by atoms with Crippen LogP contribution in [0.15, 0.2) is 0 Å². The van der Waals surface area contributed by atoms with Crippen molar-refractivity contribution in [2.75, 3.05) is 26.2 Å². The highest BCUT2D eigenvalue weighted by Gasteiger charge is 2.19. The molecule has 2 heterocycles. The van der Waals surface area contributed by atoms with Gasteiger partial charge in [0, 0.05) is 25.7 Å². The van der Waals surface area contributed by atoms with Crippen molar-refractivity contribution in [1.82, 2.24) is 10.6 Å². The second kappa shape index (κ2) is 5.83. The van der Waals surface area contributed by atoms with E-state index in [2.05, 4.69) is 17.6 Å². The van der Waals surface area contributed by atoms with Gasteiger partial charge < -0.3 is 15.4 Å². The maximum Gasteiger partial charge on any atom is 0.0700 e. The maximum atomic E-state index is 5.58. The van der Waals surface area contributed by atoms with E-state index in [-0.39, 0.29) is 0 Å². The van der Waals surface area contributed by atoms with Gasteiger partial charge in [-0.25, -0.2) is 0 Å². The lowest BCUT2D eigenvalue weighted by Gasteiger charge is -2.28. The van der Waals surface area contributed by atoms with Crippen LogP contribution >= 0.6 is 0 Å². The van der Waals surface area contributed by atoms with Gasteiger partial charge in [-0.3, -0.25) is 0 Å². The standard InChI is InChI=1S/C12H24N2O/c1-10-4-5-14-11(7-10)8-13-9-12-3-2-6-15-12/h10-14H,2-9H2,1H3. The van der Waals surface area contributed by atoms with E-state index >= 15 is 0 Å². The molecule has 0 aromatic heterocycles. The predicted molar refractivity (Wildman–Crippen MR) is 62.0 cm³/mol. The first-order valence-corrected chi connectivity index (χ1v) is 6.40. The summed E-state index contributed by atoms with van der Waals surface area (Å²) in [5.74, 6) is 0.890. The molecule has 0 bridgehead atoms. The second-order valence-corrected chi connectivity index (χ2v) is 5.07. The van der Waals surface area contributed by atoms with Gasteiger partial charge >= 0.3 is 0 Å². The fourth-order valence-electron chi connectivity index (χ4n) is 2.60. The Kier molecular flexibility index (Phi) is 4.42. The van der Waals surface area contributed by atoms with Crippen LogP contribution in [0.5, 0.6) is 0 Å². The number of nitrogens with one attached hydrogen (secondary N) is 2. The van der Waals surface area contributed by atoms with Crippen molar-refractivity contribution in [2.24, 2.45) is 5.92 Å². The van der Waals surface area contributed by atoms with Crippen LogP contribution in [0.1, 0.15) is 32.6 Å². The molecule has 0 aromatic carbocycles. The number of piperidine rings is 1. The van der Waals surface area contributed by atoms with Crippen molar-refractivity contribution in [3.63, 3.8) is 0 Å². The molecule has 3 unspecified atom stereocenters. The highest BCUT2D eigenvalue weighted by Crippen LogP contribution is 2.15. The Balaban J connectivity index is 1.56. The van der Waals surface area contributed by atoms with Crippen LogP contribution in [0.25, 0.3) is 0 Å². The van der Waals surface area contributed by atoms with Crippen LogP contribution in [0, 0.1) is 5.92 Å². The van der Waals surface area contributed by atoms with E-state index in [1.54, 1.807) is 0 Å². The summed E-state index contributed by atoms with van der Waals surface area (Å²) in [6.07, 6.45) is 5.61. The zero-order valence-electron chi connectivity index (χ0n) is 9.80. The Bertz CT molecular complexity index is 180. The van der Waals surface area contributed by atoms with E-state index < -0.39 is 0 Å². The van der Waals surface area contributed by atoms with E-state index in [0.717, 1.165) is 25.6 Å². The predicted octanol–water partition coefficient (Wildman–Crippen LogP) is 1.14. The van der Waals surface area contributed by atoms with Crippen LogP contribution in [0.2, 0.25) is 0 Å². The third-order valence-corrected chi connectivity index (χ3v) is 3.54. The highest BCUT2D eigenvalue weighted by atomic mass is 16.5. The third-order valence-electron chi connectivity index (χ3n) is 3.54. The van der Waals surface area contributed by atoms with Crippen molar-refractivity contribution in [3.8, 4) is 0 Å². The van der Waals surface area contributed by atoms with Crippen LogP contribution in [0.4, 0.5) is 0 Å². The highest BCUT2D eigenvalue weighted by molar-refractivity contribution is 4.79.